The molecule has 4 nitrogen and oxygen atoms in total. The number of aryl methyl sites for hydroxylation is 2. The van der Waals surface area contributed by atoms with Crippen LogP contribution in [0.2, 0.25) is 0 Å². The van der Waals surface area contributed by atoms with Gasteiger partial charge in [-0.25, -0.2) is 0 Å². The molecule has 2 fully saturated rings. The van der Waals surface area contributed by atoms with Gasteiger partial charge in [0.15, 0.2) is 0 Å². The van der Waals surface area contributed by atoms with E-state index in [1.54, 1.807) is 0 Å². The van der Waals surface area contributed by atoms with Gasteiger partial charge in [0.1, 0.15) is 0 Å². The van der Waals surface area contributed by atoms with E-state index in [1.807, 2.05) is 71.0 Å². The summed E-state index contributed by atoms with van der Waals surface area (Å²) in [5.41, 5.74) is 2.64. The third kappa shape index (κ3) is 74.8. The van der Waals surface area contributed by atoms with E-state index in [4.69, 9.17) is 0 Å². The molecule has 382 valence electrons. The average Bonchev–Trinajstić information content (AvgIpc) is 3.19. The van der Waals surface area contributed by atoms with Crippen LogP contribution < -0.4 is 10.6 Å². The summed E-state index contributed by atoms with van der Waals surface area (Å²) in [6.45, 7) is 35.1. The summed E-state index contributed by atoms with van der Waals surface area (Å²) in [6, 6.07) is 20.5. The molecule has 2 saturated carbocycles. The van der Waals surface area contributed by atoms with Crippen molar-refractivity contribution in [2.75, 3.05) is 13.1 Å². The number of carbonyl (C=O) groups excluding carboxylic acids is 2. The number of amides is 2. The molecule has 0 unspecified atom stereocenters. The largest absolute Gasteiger partial charge is 0.356 e. The lowest BCUT2D eigenvalue weighted by atomic mass is 9.80. The Morgan fingerprint density at radius 1 is 0.468 bits per heavy atom. The molecule has 2 aromatic carbocycles. The van der Waals surface area contributed by atoms with Gasteiger partial charge in [-0.1, -0.05) is 272 Å². The van der Waals surface area contributed by atoms with Crippen LogP contribution in [0, 0.1) is 37.5 Å². The summed E-state index contributed by atoms with van der Waals surface area (Å²) in [7, 11) is 0. The second-order valence-electron chi connectivity index (χ2n) is 14.3. The smallest absolute Gasteiger partial charge is 0.223 e. The van der Waals surface area contributed by atoms with Gasteiger partial charge in [0.05, 0.1) is 0 Å². The van der Waals surface area contributed by atoms with Gasteiger partial charge in [-0.2, -0.15) is 0 Å². The van der Waals surface area contributed by atoms with E-state index in [0.717, 1.165) is 43.7 Å². The van der Waals surface area contributed by atoms with Gasteiger partial charge in [0, 0.05) is 25.4 Å². The summed E-state index contributed by atoms with van der Waals surface area (Å²) in [6.07, 6.45) is 17.7. The summed E-state index contributed by atoms with van der Waals surface area (Å²) in [5, 5.41) is 5.57. The molecule has 2 aromatic rings. The van der Waals surface area contributed by atoms with Crippen LogP contribution >= 0.6 is 0 Å². The van der Waals surface area contributed by atoms with Gasteiger partial charge in [-0.3, -0.25) is 9.59 Å². The van der Waals surface area contributed by atoms with Crippen LogP contribution in [-0.4, -0.2) is 24.9 Å². The molecule has 0 saturated heterocycles. The molecule has 0 aliphatic heterocycles. The van der Waals surface area contributed by atoms with Gasteiger partial charge in [0.25, 0.3) is 0 Å². The predicted molar refractivity (Wildman–Crippen MR) is 300 cm³/mol. The van der Waals surface area contributed by atoms with E-state index in [0.29, 0.717) is 12.3 Å². The lowest BCUT2D eigenvalue weighted by Crippen LogP contribution is -2.32. The Morgan fingerprint density at radius 2 is 0.742 bits per heavy atom. The minimum absolute atomic E-state index is 0. The van der Waals surface area contributed by atoms with E-state index in [-0.39, 0.29) is 71.2 Å². The van der Waals surface area contributed by atoms with Crippen LogP contribution in [0.5, 0.6) is 0 Å². The van der Waals surface area contributed by atoms with E-state index in [1.165, 1.54) is 81.8 Å². The van der Waals surface area contributed by atoms with Gasteiger partial charge in [-0.05, 0) is 71.1 Å². The molecular weight excluding hydrogens is 757 g/mol. The fourth-order valence-corrected chi connectivity index (χ4v) is 5.28. The number of carbonyl (C=O) groups is 2. The first-order valence-electron chi connectivity index (χ1n) is 22.5. The van der Waals surface area contributed by atoms with Crippen molar-refractivity contribution in [3.05, 3.63) is 71.8 Å². The number of nitrogens with one attached hydrogen (secondary N) is 2. The van der Waals surface area contributed by atoms with Gasteiger partial charge >= 0.3 is 0 Å². The van der Waals surface area contributed by atoms with Crippen LogP contribution in [0.15, 0.2) is 60.7 Å². The third-order valence-electron chi connectivity index (χ3n) is 8.43. The monoisotopic (exact) mass is 885 g/mol. The zero-order chi connectivity index (χ0) is 42.4. The van der Waals surface area contributed by atoms with E-state index < -0.39 is 0 Å². The zero-order valence-electron chi connectivity index (χ0n) is 39.2. The van der Waals surface area contributed by atoms with Crippen molar-refractivity contribution in [1.82, 2.24) is 10.6 Å². The fraction of sp³-hybridized carbons (Fsp3) is 0.759. The maximum absolute atomic E-state index is 11.5. The molecule has 4 heteroatoms. The standard InChI is InChI=1S/C11H21NO.C9H18.2C7H8.C5H11NO.3C3H8.C2H6.8CH4/c1-3-9-5-7-10(8-6-9)11(13)12-4-2;1-3-9-6-4-8(2)5-7-9;2*1-7-5-3-2-4-6-7;1-3-5(7)6-4-2;3*1-3-2;1-2;;;;;;;;/h9-10H,3-8H2,1-2H3,(H,12,13);8-9H,3-7H2,1-2H3;2*2-6H,1H3;3-4H2,1-2H3,(H,6,7);3*3H2,1-2H3;1-2H3;8*1H4. The Bertz CT molecular complexity index is 906. The number of hydrogen-bond donors (Lipinski definition) is 2. The maximum atomic E-state index is 11.5. The van der Waals surface area contributed by atoms with E-state index >= 15 is 0 Å². The third-order valence-corrected chi connectivity index (χ3v) is 8.43. The summed E-state index contributed by atoms with van der Waals surface area (Å²) < 4.78 is 0. The second-order valence-corrected chi connectivity index (χ2v) is 14.3. The highest BCUT2D eigenvalue weighted by Crippen LogP contribution is 2.31. The first-order valence-corrected chi connectivity index (χ1v) is 22.5. The van der Waals surface area contributed by atoms with Gasteiger partial charge in [-0.15, -0.1) is 0 Å². The second kappa shape index (κ2) is 78.8. The van der Waals surface area contributed by atoms with Crippen molar-refractivity contribution in [3.63, 3.8) is 0 Å². The molecule has 0 spiro atoms. The Kier molecular flexibility index (Phi) is 120. The molecule has 2 aliphatic carbocycles. The molecule has 0 aromatic heterocycles. The summed E-state index contributed by atoms with van der Waals surface area (Å²) in [4.78, 5) is 21.8. The average molecular weight is 886 g/mol. The predicted octanol–water partition coefficient (Wildman–Crippen LogP) is 20.4. The van der Waals surface area contributed by atoms with Crippen LogP contribution in [0.25, 0.3) is 0 Å². The Balaban J connectivity index is -0.0000000409. The molecule has 0 atom stereocenters. The molecule has 0 radical (unpaired) electrons. The lowest BCUT2D eigenvalue weighted by molar-refractivity contribution is -0.126. The topological polar surface area (TPSA) is 58.2 Å². The molecular formula is C58H128N2O2. The summed E-state index contributed by atoms with van der Waals surface area (Å²) in [5.74, 6) is 3.68. The van der Waals surface area contributed by atoms with Crippen molar-refractivity contribution in [2.24, 2.45) is 23.7 Å². The van der Waals surface area contributed by atoms with Gasteiger partial charge < -0.3 is 10.6 Å². The number of hydrogen-bond acceptors (Lipinski definition) is 2. The quantitative estimate of drug-likeness (QED) is 0.304. The highest BCUT2D eigenvalue weighted by Gasteiger charge is 2.24. The van der Waals surface area contributed by atoms with Gasteiger partial charge in [0.2, 0.25) is 11.8 Å². The zero-order valence-corrected chi connectivity index (χ0v) is 39.2. The Hall–Kier alpha value is -2.62. The number of benzene rings is 2. The normalized spacial score (nSPS) is 15.2. The number of rotatable bonds is 6. The molecule has 0 bridgehead atoms. The molecule has 2 amide bonds. The lowest BCUT2D eigenvalue weighted by Gasteiger charge is -2.26. The van der Waals surface area contributed by atoms with Crippen LogP contribution in [-0.2, 0) is 9.59 Å². The summed E-state index contributed by atoms with van der Waals surface area (Å²) >= 11 is 0. The van der Waals surface area contributed by atoms with Crippen molar-refractivity contribution in [2.45, 2.75) is 260 Å². The highest BCUT2D eigenvalue weighted by molar-refractivity contribution is 5.78. The molecule has 4 rings (SSSR count). The highest BCUT2D eigenvalue weighted by atomic mass is 16.2. The Morgan fingerprint density at radius 3 is 0.935 bits per heavy atom. The maximum Gasteiger partial charge on any atom is 0.223 e. The van der Waals surface area contributed by atoms with Crippen molar-refractivity contribution in [1.29, 1.82) is 0 Å². The SMILES string of the molecule is C.C.C.C.C.C.C.C.CC.CCC.CCC.CCC.CCC1CCC(C)CC1.CCNC(=O)C1CCC(CC)CC1.CCNC(=O)CC.Cc1ccccc1.Cc1ccccc1. The first kappa shape index (κ1) is 94.1. The molecule has 0 heterocycles. The van der Waals surface area contributed by atoms with E-state index in [9.17, 15) is 9.59 Å². The minimum Gasteiger partial charge on any atom is -0.356 e. The first-order chi connectivity index (χ1) is 25.9. The van der Waals surface area contributed by atoms with Crippen molar-refractivity contribution < 1.29 is 9.59 Å². The molecule has 62 heavy (non-hydrogen) atoms. The van der Waals surface area contributed by atoms with Crippen molar-refractivity contribution >= 4 is 11.8 Å². The van der Waals surface area contributed by atoms with E-state index in [2.05, 4.69) is 111 Å². The van der Waals surface area contributed by atoms with Crippen LogP contribution in [0.4, 0.5) is 0 Å². The molecule has 2 aliphatic rings. The van der Waals surface area contributed by atoms with Crippen molar-refractivity contribution in [3.8, 4) is 0 Å². The Labute approximate surface area is 399 Å². The van der Waals surface area contributed by atoms with Crippen LogP contribution in [0.3, 0.4) is 0 Å². The molecule has 2 N–H and O–H groups in total. The minimum atomic E-state index is 0. The fourth-order valence-electron chi connectivity index (χ4n) is 5.28. The van der Waals surface area contributed by atoms with Crippen LogP contribution in [0.1, 0.15) is 257 Å².